The predicted octanol–water partition coefficient (Wildman–Crippen LogP) is 5.29. The molecule has 0 fully saturated rings. The average molecular weight is 544 g/mol. The number of hydrogen-bond donors (Lipinski definition) is 3. The summed E-state index contributed by atoms with van der Waals surface area (Å²) in [6.45, 7) is 3.56. The molecule has 3 heterocycles. The molecule has 0 saturated heterocycles. The van der Waals surface area contributed by atoms with Crippen molar-refractivity contribution in [2.45, 2.75) is 32.9 Å². The van der Waals surface area contributed by atoms with Crippen molar-refractivity contribution in [1.29, 1.82) is 0 Å². The van der Waals surface area contributed by atoms with Crippen molar-refractivity contribution in [3.05, 3.63) is 88.1 Å². The number of thiophene rings is 1. The minimum atomic E-state index is -1.23. The molecule has 5 rings (SSSR count). The highest BCUT2D eigenvalue weighted by Crippen LogP contribution is 2.43. The lowest BCUT2D eigenvalue weighted by atomic mass is 9.94. The SMILES string of the molecule is CCCNC(=O)c1ccc(-c2cc3c(cc2COc2ccc(CN)cc2)-c2sccc2CCO3)c(C(=O)O)n1. The Hall–Kier alpha value is -4.21. The standard InChI is InChI=1S/C30H29N3O5S/c1-2-11-32-29(34)25-8-7-22(27(33-25)30(35)36)23-15-26-24(28-19(9-12-37-26)10-13-39-28)14-20(23)17-38-21-5-3-18(16-31)4-6-21/h3-8,10,13-15H,2,9,11-12,16-17,31H2,1H3,(H,32,34)(H,35,36). The van der Waals surface area contributed by atoms with Gasteiger partial charge in [0.2, 0.25) is 0 Å². The molecular weight excluding hydrogens is 514 g/mol. The van der Waals surface area contributed by atoms with Crippen LogP contribution in [0.1, 0.15) is 51.0 Å². The monoisotopic (exact) mass is 543 g/mol. The van der Waals surface area contributed by atoms with Crippen LogP contribution in [0.2, 0.25) is 0 Å². The van der Waals surface area contributed by atoms with Gasteiger partial charge >= 0.3 is 5.97 Å². The Balaban J connectivity index is 1.60. The first-order chi connectivity index (χ1) is 19.0. The average Bonchev–Trinajstić information content (AvgIpc) is 3.36. The Morgan fingerprint density at radius 1 is 1.10 bits per heavy atom. The lowest BCUT2D eigenvalue weighted by Crippen LogP contribution is -2.25. The zero-order valence-corrected chi connectivity index (χ0v) is 22.3. The maximum atomic E-state index is 12.5. The second kappa shape index (κ2) is 11.7. The number of aromatic carboxylic acids is 1. The maximum absolute atomic E-state index is 12.5. The van der Waals surface area contributed by atoms with E-state index < -0.39 is 11.9 Å². The van der Waals surface area contributed by atoms with Crippen molar-refractivity contribution >= 4 is 23.2 Å². The third kappa shape index (κ3) is 5.64. The Morgan fingerprint density at radius 2 is 1.92 bits per heavy atom. The van der Waals surface area contributed by atoms with Gasteiger partial charge in [-0.25, -0.2) is 9.78 Å². The largest absolute Gasteiger partial charge is 0.493 e. The first-order valence-electron chi connectivity index (χ1n) is 12.8. The van der Waals surface area contributed by atoms with Crippen LogP contribution in [-0.4, -0.2) is 35.1 Å². The summed E-state index contributed by atoms with van der Waals surface area (Å²) in [5.74, 6) is -0.300. The number of pyridine rings is 1. The maximum Gasteiger partial charge on any atom is 0.355 e. The highest BCUT2D eigenvalue weighted by molar-refractivity contribution is 7.13. The molecule has 0 radical (unpaired) electrons. The summed E-state index contributed by atoms with van der Waals surface area (Å²) < 4.78 is 12.3. The molecule has 1 amide bonds. The number of ether oxygens (including phenoxy) is 2. The Labute approximate surface area is 230 Å². The summed E-state index contributed by atoms with van der Waals surface area (Å²) in [5, 5.41) is 14.9. The van der Waals surface area contributed by atoms with Crippen molar-refractivity contribution in [1.82, 2.24) is 10.3 Å². The number of nitrogens with two attached hydrogens (primary N) is 1. The third-order valence-corrected chi connectivity index (χ3v) is 7.53. The molecule has 0 atom stereocenters. The zero-order chi connectivity index (χ0) is 27.4. The van der Waals surface area contributed by atoms with E-state index in [4.69, 9.17) is 15.2 Å². The summed E-state index contributed by atoms with van der Waals surface area (Å²) in [6.07, 6.45) is 1.54. The molecule has 0 saturated carbocycles. The lowest BCUT2D eigenvalue weighted by Gasteiger charge is -2.18. The van der Waals surface area contributed by atoms with Crippen molar-refractivity contribution < 1.29 is 24.2 Å². The van der Waals surface area contributed by atoms with E-state index in [1.165, 1.54) is 5.56 Å². The highest BCUT2D eigenvalue weighted by atomic mass is 32.1. The second-order valence-electron chi connectivity index (χ2n) is 9.17. The summed E-state index contributed by atoms with van der Waals surface area (Å²) in [4.78, 5) is 30.2. The minimum absolute atomic E-state index is 0.0524. The quantitative estimate of drug-likeness (QED) is 0.262. The zero-order valence-electron chi connectivity index (χ0n) is 21.5. The van der Waals surface area contributed by atoms with Gasteiger partial charge in [-0.05, 0) is 76.5 Å². The number of amides is 1. The Kier molecular flexibility index (Phi) is 7.90. The van der Waals surface area contributed by atoms with E-state index in [0.29, 0.717) is 42.3 Å². The van der Waals surface area contributed by atoms with Gasteiger partial charge in [0.25, 0.3) is 5.91 Å². The van der Waals surface area contributed by atoms with Gasteiger partial charge in [-0.15, -0.1) is 11.3 Å². The van der Waals surface area contributed by atoms with Crippen molar-refractivity contribution in [3.63, 3.8) is 0 Å². The summed E-state index contributed by atoms with van der Waals surface area (Å²) >= 11 is 1.65. The van der Waals surface area contributed by atoms with Gasteiger partial charge in [0, 0.05) is 35.5 Å². The van der Waals surface area contributed by atoms with Gasteiger partial charge in [0.05, 0.1) is 6.61 Å². The van der Waals surface area contributed by atoms with E-state index in [1.54, 1.807) is 23.5 Å². The van der Waals surface area contributed by atoms with Crippen LogP contribution in [0.15, 0.2) is 60.0 Å². The van der Waals surface area contributed by atoms with Gasteiger partial charge in [-0.2, -0.15) is 0 Å². The molecule has 4 aromatic rings. The topological polar surface area (TPSA) is 124 Å². The number of hydrogen-bond acceptors (Lipinski definition) is 7. The summed E-state index contributed by atoms with van der Waals surface area (Å²) in [5.41, 5.74) is 10.5. The van der Waals surface area contributed by atoms with Crippen LogP contribution in [0, 0.1) is 0 Å². The first-order valence-corrected chi connectivity index (χ1v) is 13.7. The summed E-state index contributed by atoms with van der Waals surface area (Å²) in [7, 11) is 0. The number of carbonyl (C=O) groups is 2. The van der Waals surface area contributed by atoms with E-state index in [0.717, 1.165) is 34.4 Å². The van der Waals surface area contributed by atoms with Crippen LogP contribution in [-0.2, 0) is 19.6 Å². The van der Waals surface area contributed by atoms with Crippen molar-refractivity contribution in [2.24, 2.45) is 5.73 Å². The number of rotatable bonds is 9. The number of carboxylic acid groups (broad SMARTS) is 1. The van der Waals surface area contributed by atoms with Crippen LogP contribution in [0.3, 0.4) is 0 Å². The first kappa shape index (κ1) is 26.4. The van der Waals surface area contributed by atoms with Gasteiger partial charge in [0.1, 0.15) is 23.8 Å². The van der Waals surface area contributed by atoms with Gasteiger partial charge in [0.15, 0.2) is 5.69 Å². The van der Waals surface area contributed by atoms with Crippen LogP contribution in [0.25, 0.3) is 21.6 Å². The van der Waals surface area contributed by atoms with E-state index in [9.17, 15) is 14.7 Å². The Morgan fingerprint density at radius 3 is 2.67 bits per heavy atom. The van der Waals surface area contributed by atoms with E-state index >= 15 is 0 Å². The minimum Gasteiger partial charge on any atom is -0.493 e. The number of benzene rings is 2. The molecule has 4 N–H and O–H groups in total. The fourth-order valence-corrected chi connectivity index (χ4v) is 5.49. The number of carboxylic acids is 1. The second-order valence-corrected chi connectivity index (χ2v) is 10.1. The molecule has 9 heteroatoms. The van der Waals surface area contributed by atoms with E-state index in [1.807, 2.05) is 43.3 Å². The smallest absolute Gasteiger partial charge is 0.355 e. The molecule has 8 nitrogen and oxygen atoms in total. The predicted molar refractivity (Wildman–Crippen MR) is 150 cm³/mol. The molecule has 2 aromatic carbocycles. The van der Waals surface area contributed by atoms with Crippen LogP contribution in [0.4, 0.5) is 0 Å². The molecule has 2 aromatic heterocycles. The van der Waals surface area contributed by atoms with Crippen molar-refractivity contribution in [3.8, 4) is 33.1 Å². The summed E-state index contributed by atoms with van der Waals surface area (Å²) in [6, 6.07) is 16.7. The van der Waals surface area contributed by atoms with Crippen LogP contribution < -0.4 is 20.5 Å². The highest BCUT2D eigenvalue weighted by Gasteiger charge is 2.24. The van der Waals surface area contributed by atoms with Gasteiger partial charge in [-0.1, -0.05) is 19.1 Å². The van der Waals surface area contributed by atoms with Crippen LogP contribution >= 0.6 is 11.3 Å². The van der Waals surface area contributed by atoms with E-state index in [2.05, 4.69) is 21.7 Å². The van der Waals surface area contributed by atoms with Gasteiger partial charge < -0.3 is 25.6 Å². The molecule has 0 spiro atoms. The molecule has 0 aliphatic carbocycles. The lowest BCUT2D eigenvalue weighted by molar-refractivity contribution is 0.0691. The van der Waals surface area contributed by atoms with Crippen LogP contribution in [0.5, 0.6) is 11.5 Å². The molecule has 0 unspecified atom stereocenters. The van der Waals surface area contributed by atoms with Gasteiger partial charge in [-0.3, -0.25) is 4.79 Å². The molecule has 1 aliphatic heterocycles. The molecule has 1 aliphatic rings. The molecule has 0 bridgehead atoms. The molecule has 39 heavy (non-hydrogen) atoms. The van der Waals surface area contributed by atoms with E-state index in [-0.39, 0.29) is 18.0 Å². The molecule has 200 valence electrons. The fourth-order valence-electron chi connectivity index (χ4n) is 4.51. The number of nitrogens with zero attached hydrogens (tertiary/aromatic N) is 1. The number of fused-ring (bicyclic) bond motifs is 3. The Bertz CT molecular complexity index is 1510. The number of aromatic nitrogens is 1. The third-order valence-electron chi connectivity index (χ3n) is 6.54. The number of nitrogens with one attached hydrogen (secondary N) is 1. The normalized spacial score (nSPS) is 12.1. The number of carbonyl (C=O) groups excluding carboxylic acids is 1. The fraction of sp³-hybridized carbons (Fsp3) is 0.233. The van der Waals surface area contributed by atoms with Crippen molar-refractivity contribution in [2.75, 3.05) is 13.2 Å². The molecular formula is C30H29N3O5S.